The molecule has 0 radical (unpaired) electrons. The summed E-state index contributed by atoms with van der Waals surface area (Å²) >= 11 is 0. The van der Waals surface area contributed by atoms with Gasteiger partial charge < -0.3 is 9.47 Å². The third kappa shape index (κ3) is 6.38. The molecule has 1 aliphatic rings. The second-order valence-electron chi connectivity index (χ2n) is 6.50. The van der Waals surface area contributed by atoms with Crippen molar-refractivity contribution in [2.24, 2.45) is 0 Å². The van der Waals surface area contributed by atoms with E-state index < -0.39 is 0 Å². The summed E-state index contributed by atoms with van der Waals surface area (Å²) in [6.45, 7) is 16.4. The summed E-state index contributed by atoms with van der Waals surface area (Å²) in [5, 5.41) is 3.54. The van der Waals surface area contributed by atoms with Crippen LogP contribution in [0.15, 0.2) is 25.3 Å². The monoisotopic (exact) mass is 325 g/mol. The number of quaternary nitrogens is 1. The SMILES string of the molecule is C=CCOC1NC[N+](CCCCC)(CCCCC)C1OCC=C. The fraction of sp³-hybridized carbons (Fsp3) is 0.789. The van der Waals surface area contributed by atoms with Gasteiger partial charge in [0.2, 0.25) is 6.23 Å². The molecule has 4 nitrogen and oxygen atoms in total. The Bertz CT molecular complexity index is 323. The molecule has 2 atom stereocenters. The maximum atomic E-state index is 6.17. The Labute approximate surface area is 143 Å². The molecule has 0 spiro atoms. The first-order valence-corrected chi connectivity index (χ1v) is 9.28. The molecule has 0 saturated carbocycles. The largest absolute Gasteiger partial charge is 0.350 e. The number of ether oxygens (including phenoxy) is 2. The fourth-order valence-corrected chi connectivity index (χ4v) is 3.35. The van der Waals surface area contributed by atoms with Gasteiger partial charge in [-0.3, -0.25) is 4.48 Å². The van der Waals surface area contributed by atoms with Gasteiger partial charge >= 0.3 is 0 Å². The van der Waals surface area contributed by atoms with Crippen molar-refractivity contribution in [3.8, 4) is 0 Å². The van der Waals surface area contributed by atoms with Gasteiger partial charge in [-0.1, -0.05) is 38.8 Å². The second-order valence-corrected chi connectivity index (χ2v) is 6.50. The molecule has 0 aromatic carbocycles. The van der Waals surface area contributed by atoms with E-state index in [-0.39, 0.29) is 12.5 Å². The molecule has 0 aliphatic carbocycles. The Morgan fingerprint density at radius 3 is 2.04 bits per heavy atom. The zero-order valence-corrected chi connectivity index (χ0v) is 15.3. The van der Waals surface area contributed by atoms with Crippen LogP contribution >= 0.6 is 0 Å². The number of unbranched alkanes of at least 4 members (excludes halogenated alkanes) is 4. The zero-order valence-electron chi connectivity index (χ0n) is 15.3. The number of hydrogen-bond donors (Lipinski definition) is 1. The minimum Gasteiger partial charge on any atom is -0.350 e. The summed E-state index contributed by atoms with van der Waals surface area (Å²) in [7, 11) is 0. The van der Waals surface area contributed by atoms with Crippen molar-refractivity contribution in [3.63, 3.8) is 0 Å². The Kier molecular flexibility index (Phi) is 10.4. The predicted molar refractivity (Wildman–Crippen MR) is 96.9 cm³/mol. The van der Waals surface area contributed by atoms with Gasteiger partial charge in [0.1, 0.15) is 6.67 Å². The van der Waals surface area contributed by atoms with E-state index in [4.69, 9.17) is 9.47 Å². The van der Waals surface area contributed by atoms with Crippen molar-refractivity contribution in [1.29, 1.82) is 0 Å². The lowest BCUT2D eigenvalue weighted by Crippen LogP contribution is -2.56. The highest BCUT2D eigenvalue weighted by atomic mass is 16.6. The lowest BCUT2D eigenvalue weighted by Gasteiger charge is -2.39. The fourth-order valence-electron chi connectivity index (χ4n) is 3.35. The maximum absolute atomic E-state index is 6.17. The van der Waals surface area contributed by atoms with E-state index in [1.54, 1.807) is 6.08 Å². The van der Waals surface area contributed by atoms with Crippen LogP contribution in [-0.4, -0.2) is 49.9 Å². The minimum absolute atomic E-state index is 0.0432. The van der Waals surface area contributed by atoms with Gasteiger partial charge in [-0.2, -0.15) is 0 Å². The van der Waals surface area contributed by atoms with Gasteiger partial charge in [0.25, 0.3) is 0 Å². The lowest BCUT2D eigenvalue weighted by atomic mass is 10.1. The van der Waals surface area contributed by atoms with E-state index in [0.717, 1.165) is 24.2 Å². The highest BCUT2D eigenvalue weighted by Crippen LogP contribution is 2.27. The topological polar surface area (TPSA) is 30.5 Å². The zero-order chi connectivity index (χ0) is 17.0. The normalized spacial score (nSPS) is 23.0. The van der Waals surface area contributed by atoms with Crippen LogP contribution in [0.3, 0.4) is 0 Å². The van der Waals surface area contributed by atoms with Crippen molar-refractivity contribution >= 4 is 0 Å². The van der Waals surface area contributed by atoms with E-state index in [2.05, 4.69) is 32.3 Å². The molecule has 1 fully saturated rings. The summed E-state index contributed by atoms with van der Waals surface area (Å²) in [5.41, 5.74) is 0. The number of nitrogens with zero attached hydrogens (tertiary/aromatic N) is 1. The third-order valence-corrected chi connectivity index (χ3v) is 4.60. The minimum atomic E-state index is -0.0591. The highest BCUT2D eigenvalue weighted by Gasteiger charge is 2.48. The maximum Gasteiger partial charge on any atom is 0.235 e. The Morgan fingerprint density at radius 1 is 0.957 bits per heavy atom. The van der Waals surface area contributed by atoms with Gasteiger partial charge in [-0.05, 0) is 25.7 Å². The van der Waals surface area contributed by atoms with Crippen LogP contribution in [0.4, 0.5) is 0 Å². The first kappa shape index (κ1) is 20.4. The van der Waals surface area contributed by atoms with Crippen molar-refractivity contribution < 1.29 is 14.0 Å². The van der Waals surface area contributed by atoms with E-state index in [1.807, 2.05) is 6.08 Å². The molecular formula is C19H37N2O2+. The second kappa shape index (κ2) is 11.8. The summed E-state index contributed by atoms with van der Waals surface area (Å²) in [5.74, 6) is 0. The first-order chi connectivity index (χ1) is 11.2. The molecule has 0 aromatic heterocycles. The van der Waals surface area contributed by atoms with Crippen LogP contribution in [-0.2, 0) is 9.47 Å². The lowest BCUT2D eigenvalue weighted by molar-refractivity contribution is -0.962. The van der Waals surface area contributed by atoms with Crippen LogP contribution in [0.1, 0.15) is 52.4 Å². The average molecular weight is 326 g/mol. The molecule has 1 aliphatic heterocycles. The van der Waals surface area contributed by atoms with Crippen LogP contribution in [0.5, 0.6) is 0 Å². The van der Waals surface area contributed by atoms with Crippen molar-refractivity contribution in [1.82, 2.24) is 5.32 Å². The molecule has 1 N–H and O–H groups in total. The third-order valence-electron chi connectivity index (χ3n) is 4.60. The van der Waals surface area contributed by atoms with Crippen LogP contribution in [0, 0.1) is 0 Å². The van der Waals surface area contributed by atoms with E-state index in [1.165, 1.54) is 38.5 Å². The Morgan fingerprint density at radius 2 is 1.52 bits per heavy atom. The summed E-state index contributed by atoms with van der Waals surface area (Å²) in [4.78, 5) is 0. The Hall–Kier alpha value is -0.680. The van der Waals surface area contributed by atoms with Crippen LogP contribution < -0.4 is 5.32 Å². The summed E-state index contributed by atoms with van der Waals surface area (Å²) < 4.78 is 13.1. The molecular weight excluding hydrogens is 288 g/mol. The Balaban J connectivity index is 2.81. The van der Waals surface area contributed by atoms with Crippen LogP contribution in [0.25, 0.3) is 0 Å². The molecule has 1 heterocycles. The van der Waals surface area contributed by atoms with E-state index >= 15 is 0 Å². The highest BCUT2D eigenvalue weighted by molar-refractivity contribution is 4.75. The standard InChI is InChI=1S/C19H37N2O2/c1-5-9-11-13-21(14-12-10-6-2)17-20-18(22-15-7-3)19(21)23-16-8-4/h7-8,18-20H,3-6,9-17H2,1-2H3/q+1. The molecule has 0 amide bonds. The summed E-state index contributed by atoms with van der Waals surface area (Å²) in [6.07, 6.45) is 11.1. The van der Waals surface area contributed by atoms with Gasteiger partial charge in [0, 0.05) is 0 Å². The summed E-state index contributed by atoms with van der Waals surface area (Å²) in [6, 6.07) is 0. The van der Waals surface area contributed by atoms with Gasteiger partial charge in [0.05, 0.1) is 26.3 Å². The number of nitrogens with one attached hydrogen (secondary N) is 1. The van der Waals surface area contributed by atoms with E-state index in [9.17, 15) is 0 Å². The van der Waals surface area contributed by atoms with Crippen LogP contribution in [0.2, 0.25) is 0 Å². The molecule has 23 heavy (non-hydrogen) atoms. The van der Waals surface area contributed by atoms with Gasteiger partial charge in [-0.15, -0.1) is 13.2 Å². The number of hydrogen-bond acceptors (Lipinski definition) is 3. The predicted octanol–water partition coefficient (Wildman–Crippen LogP) is 3.80. The molecule has 1 saturated heterocycles. The molecule has 1 rings (SSSR count). The van der Waals surface area contributed by atoms with Gasteiger partial charge in [-0.25, -0.2) is 5.32 Å². The van der Waals surface area contributed by atoms with Crippen molar-refractivity contribution in [3.05, 3.63) is 25.3 Å². The van der Waals surface area contributed by atoms with E-state index in [0.29, 0.717) is 13.2 Å². The molecule has 2 unspecified atom stereocenters. The molecule has 0 bridgehead atoms. The van der Waals surface area contributed by atoms with Gasteiger partial charge in [0.15, 0.2) is 6.23 Å². The first-order valence-electron chi connectivity index (χ1n) is 9.28. The van der Waals surface area contributed by atoms with Crippen molar-refractivity contribution in [2.75, 3.05) is 33.0 Å². The average Bonchev–Trinajstić information content (AvgIpc) is 2.89. The molecule has 134 valence electrons. The van der Waals surface area contributed by atoms with Crippen molar-refractivity contribution in [2.45, 2.75) is 64.8 Å². The quantitative estimate of drug-likeness (QED) is 0.299. The smallest absolute Gasteiger partial charge is 0.235 e. The molecule has 0 aromatic rings. The molecule has 4 heteroatoms. The number of rotatable bonds is 14.